The minimum absolute atomic E-state index is 0.175. The Bertz CT molecular complexity index is 941. The number of nitrogens with zero attached hydrogens (tertiary/aromatic N) is 1. The summed E-state index contributed by atoms with van der Waals surface area (Å²) < 4.78 is 5.75. The highest BCUT2D eigenvalue weighted by molar-refractivity contribution is 6.39. The van der Waals surface area contributed by atoms with Gasteiger partial charge in [-0.1, -0.05) is 43.1 Å². The normalized spacial score (nSPS) is 15.7. The summed E-state index contributed by atoms with van der Waals surface area (Å²) in [6, 6.07) is 12.6. The van der Waals surface area contributed by atoms with Crippen LogP contribution in [0.5, 0.6) is 5.75 Å². The molecule has 1 saturated heterocycles. The van der Waals surface area contributed by atoms with E-state index in [4.69, 9.17) is 16.3 Å². The smallest absolute Gasteiger partial charge is 0.335 e. The number of carbonyl (C=O) groups excluding carboxylic acids is 3. The number of barbiturate groups is 1. The van der Waals surface area contributed by atoms with E-state index in [0.29, 0.717) is 28.6 Å². The zero-order valence-electron chi connectivity index (χ0n) is 15.3. The summed E-state index contributed by atoms with van der Waals surface area (Å²) in [4.78, 5) is 38.4. The van der Waals surface area contributed by atoms with E-state index in [1.165, 1.54) is 6.08 Å². The van der Waals surface area contributed by atoms with Crippen molar-refractivity contribution in [1.29, 1.82) is 0 Å². The highest BCUT2D eigenvalue weighted by Gasteiger charge is 2.36. The van der Waals surface area contributed by atoms with Gasteiger partial charge >= 0.3 is 6.03 Å². The zero-order valence-corrected chi connectivity index (χ0v) is 16.0. The Morgan fingerprint density at radius 1 is 1.11 bits per heavy atom. The maximum Gasteiger partial charge on any atom is 0.335 e. The van der Waals surface area contributed by atoms with Crippen LogP contribution in [0.1, 0.15) is 25.3 Å². The van der Waals surface area contributed by atoms with Gasteiger partial charge in [-0.3, -0.25) is 14.9 Å². The van der Waals surface area contributed by atoms with Gasteiger partial charge in [0.25, 0.3) is 11.8 Å². The number of ether oxygens (including phenoxy) is 1. The van der Waals surface area contributed by atoms with Gasteiger partial charge in [0.15, 0.2) is 0 Å². The number of hydrogen-bond donors (Lipinski definition) is 1. The van der Waals surface area contributed by atoms with Crippen molar-refractivity contribution in [2.75, 3.05) is 11.5 Å². The van der Waals surface area contributed by atoms with Crippen molar-refractivity contribution in [3.63, 3.8) is 0 Å². The van der Waals surface area contributed by atoms with E-state index in [1.54, 1.807) is 48.5 Å². The molecule has 1 heterocycles. The lowest BCUT2D eigenvalue weighted by molar-refractivity contribution is -0.122. The average molecular weight is 399 g/mol. The number of urea groups is 1. The van der Waals surface area contributed by atoms with Gasteiger partial charge in [0.05, 0.1) is 12.3 Å². The van der Waals surface area contributed by atoms with Crippen molar-refractivity contribution in [2.24, 2.45) is 0 Å². The summed E-state index contributed by atoms with van der Waals surface area (Å²) in [5.41, 5.74) is 0.685. The van der Waals surface area contributed by atoms with Gasteiger partial charge in [-0.05, 0) is 42.8 Å². The molecule has 7 heteroatoms. The number of nitrogens with one attached hydrogen (secondary N) is 1. The fourth-order valence-corrected chi connectivity index (χ4v) is 2.90. The van der Waals surface area contributed by atoms with Gasteiger partial charge in [-0.25, -0.2) is 9.69 Å². The minimum Gasteiger partial charge on any atom is -0.493 e. The van der Waals surface area contributed by atoms with E-state index in [2.05, 4.69) is 5.32 Å². The average Bonchev–Trinajstić information content (AvgIpc) is 2.67. The molecule has 0 radical (unpaired) electrons. The zero-order chi connectivity index (χ0) is 20.1. The Hall–Kier alpha value is -3.12. The number of rotatable bonds is 6. The first-order chi connectivity index (χ1) is 13.5. The quantitative estimate of drug-likeness (QED) is 0.450. The van der Waals surface area contributed by atoms with E-state index in [-0.39, 0.29) is 5.57 Å². The molecule has 0 atom stereocenters. The largest absolute Gasteiger partial charge is 0.493 e. The molecule has 1 N–H and O–H groups in total. The fraction of sp³-hybridized carbons (Fsp3) is 0.190. The molecular weight excluding hydrogens is 380 g/mol. The number of carbonyl (C=O) groups is 3. The third-order valence-corrected chi connectivity index (χ3v) is 4.38. The molecule has 4 amide bonds. The van der Waals surface area contributed by atoms with Crippen LogP contribution in [0.25, 0.3) is 6.08 Å². The van der Waals surface area contributed by atoms with Gasteiger partial charge in [0.2, 0.25) is 0 Å². The Morgan fingerprint density at radius 3 is 2.57 bits per heavy atom. The van der Waals surface area contributed by atoms with E-state index in [9.17, 15) is 14.4 Å². The molecule has 1 fully saturated rings. The van der Waals surface area contributed by atoms with Crippen molar-refractivity contribution >= 4 is 41.2 Å². The number of halogens is 1. The molecule has 1 aliphatic rings. The first kappa shape index (κ1) is 19.6. The number of para-hydroxylation sites is 1. The van der Waals surface area contributed by atoms with Crippen LogP contribution in [-0.4, -0.2) is 24.5 Å². The molecule has 3 rings (SSSR count). The topological polar surface area (TPSA) is 75.7 Å². The van der Waals surface area contributed by atoms with Crippen LogP contribution in [0.3, 0.4) is 0 Å². The first-order valence-corrected chi connectivity index (χ1v) is 9.28. The second-order valence-electron chi connectivity index (χ2n) is 6.18. The molecule has 0 aliphatic carbocycles. The van der Waals surface area contributed by atoms with E-state index in [1.807, 2.05) is 6.92 Å². The standard InChI is InChI=1S/C21H19ClN2O4/c1-2-3-11-28-18-10-9-15(22)12-14(18)13-17-19(25)23-21(27)24(20(17)26)16-7-5-4-6-8-16/h4-10,12-13H,2-3,11H2,1H3,(H,23,25,27)/b17-13-. The molecule has 0 bridgehead atoms. The summed E-state index contributed by atoms with van der Waals surface area (Å²) in [6.45, 7) is 2.55. The summed E-state index contributed by atoms with van der Waals surface area (Å²) in [7, 11) is 0. The summed E-state index contributed by atoms with van der Waals surface area (Å²) in [6.07, 6.45) is 3.24. The van der Waals surface area contributed by atoms with E-state index in [0.717, 1.165) is 17.7 Å². The van der Waals surface area contributed by atoms with Gasteiger partial charge in [-0.15, -0.1) is 0 Å². The second kappa shape index (κ2) is 8.71. The van der Waals surface area contributed by atoms with Gasteiger partial charge < -0.3 is 4.74 Å². The van der Waals surface area contributed by atoms with Crippen molar-refractivity contribution in [3.8, 4) is 5.75 Å². The lowest BCUT2D eigenvalue weighted by Gasteiger charge is -2.26. The van der Waals surface area contributed by atoms with Gasteiger partial charge in [0, 0.05) is 10.6 Å². The van der Waals surface area contributed by atoms with Crippen LogP contribution < -0.4 is 15.0 Å². The molecule has 6 nitrogen and oxygen atoms in total. The lowest BCUT2D eigenvalue weighted by atomic mass is 10.1. The predicted octanol–water partition coefficient (Wildman–Crippen LogP) is 4.19. The molecular formula is C21H19ClN2O4. The van der Waals surface area contributed by atoms with Crippen LogP contribution in [0.4, 0.5) is 10.5 Å². The van der Waals surface area contributed by atoms with E-state index < -0.39 is 17.8 Å². The van der Waals surface area contributed by atoms with Crippen molar-refractivity contribution in [2.45, 2.75) is 19.8 Å². The van der Waals surface area contributed by atoms with Crippen LogP contribution in [0, 0.1) is 0 Å². The highest BCUT2D eigenvalue weighted by Crippen LogP contribution is 2.28. The number of anilines is 1. The molecule has 144 valence electrons. The van der Waals surface area contributed by atoms with Gasteiger partial charge in [0.1, 0.15) is 11.3 Å². The molecule has 0 aromatic heterocycles. The Kier molecular flexibility index (Phi) is 6.11. The molecule has 0 spiro atoms. The summed E-state index contributed by atoms with van der Waals surface area (Å²) in [5, 5.41) is 2.64. The van der Waals surface area contributed by atoms with Crippen molar-refractivity contribution in [3.05, 3.63) is 64.7 Å². The van der Waals surface area contributed by atoms with E-state index >= 15 is 0 Å². The predicted molar refractivity (Wildman–Crippen MR) is 107 cm³/mol. The monoisotopic (exact) mass is 398 g/mol. The fourth-order valence-electron chi connectivity index (χ4n) is 2.71. The molecule has 2 aromatic carbocycles. The number of unbranched alkanes of at least 4 members (excludes halogenated alkanes) is 1. The maximum atomic E-state index is 12.9. The number of benzene rings is 2. The van der Waals surface area contributed by atoms with Crippen LogP contribution in [0.2, 0.25) is 5.02 Å². The molecule has 0 unspecified atom stereocenters. The van der Waals surface area contributed by atoms with Crippen LogP contribution in [-0.2, 0) is 9.59 Å². The third kappa shape index (κ3) is 4.23. The number of amides is 4. The Morgan fingerprint density at radius 2 is 1.86 bits per heavy atom. The third-order valence-electron chi connectivity index (χ3n) is 4.14. The lowest BCUT2D eigenvalue weighted by Crippen LogP contribution is -2.54. The minimum atomic E-state index is -0.788. The summed E-state index contributed by atoms with van der Waals surface area (Å²) in [5.74, 6) is -0.963. The number of hydrogen-bond acceptors (Lipinski definition) is 4. The Labute approximate surface area is 167 Å². The highest BCUT2D eigenvalue weighted by atomic mass is 35.5. The summed E-state index contributed by atoms with van der Waals surface area (Å²) >= 11 is 6.08. The molecule has 0 saturated carbocycles. The Balaban J connectivity index is 1.98. The molecule has 2 aromatic rings. The molecule has 1 aliphatic heterocycles. The van der Waals surface area contributed by atoms with Crippen LogP contribution in [0.15, 0.2) is 54.1 Å². The van der Waals surface area contributed by atoms with Gasteiger partial charge in [-0.2, -0.15) is 0 Å². The second-order valence-corrected chi connectivity index (χ2v) is 6.61. The van der Waals surface area contributed by atoms with Crippen molar-refractivity contribution < 1.29 is 19.1 Å². The maximum absolute atomic E-state index is 12.9. The molecule has 28 heavy (non-hydrogen) atoms. The number of imide groups is 2. The van der Waals surface area contributed by atoms with Crippen LogP contribution >= 0.6 is 11.6 Å². The van der Waals surface area contributed by atoms with Crippen molar-refractivity contribution in [1.82, 2.24) is 5.32 Å². The first-order valence-electron chi connectivity index (χ1n) is 8.90. The SMILES string of the molecule is CCCCOc1ccc(Cl)cc1/C=C1/C(=O)NC(=O)N(c2ccccc2)C1=O.